The third-order valence-electron chi connectivity index (χ3n) is 2.53. The summed E-state index contributed by atoms with van der Waals surface area (Å²) in [5.74, 6) is 8.73. The zero-order valence-corrected chi connectivity index (χ0v) is 17.2. The van der Waals surface area contributed by atoms with E-state index in [-0.39, 0.29) is 0 Å². The summed E-state index contributed by atoms with van der Waals surface area (Å²) >= 11 is 5.18. The van der Waals surface area contributed by atoms with E-state index < -0.39 is 17.4 Å². The van der Waals surface area contributed by atoms with Crippen molar-refractivity contribution >= 4 is 78.2 Å². The maximum absolute atomic E-state index is 2.48. The quantitative estimate of drug-likeness (QED) is 0.485. The molecule has 0 aromatic heterocycles. The normalized spacial score (nSPS) is 27.6. The molecule has 16 heavy (non-hydrogen) atoms. The van der Waals surface area contributed by atoms with E-state index in [2.05, 4.69) is 60.8 Å². The fourth-order valence-electron chi connectivity index (χ4n) is 1.26. The van der Waals surface area contributed by atoms with Crippen LogP contribution in [-0.2, 0) is 0 Å². The van der Waals surface area contributed by atoms with Crippen molar-refractivity contribution in [2.24, 2.45) is 0 Å². The summed E-state index contributed by atoms with van der Waals surface area (Å²) in [4.78, 5) is 0. The van der Waals surface area contributed by atoms with Crippen LogP contribution in [-0.4, -0.2) is 67.6 Å². The van der Waals surface area contributed by atoms with Crippen LogP contribution >= 0.6 is 60.8 Å². The van der Waals surface area contributed by atoms with E-state index in [0.717, 1.165) is 15.7 Å². The first kappa shape index (κ1) is 13.9. The monoisotopic (exact) mass is 524 g/mol. The van der Waals surface area contributed by atoms with Crippen LogP contribution in [0, 0.1) is 0 Å². The van der Waals surface area contributed by atoms with Crippen LogP contribution in [0.5, 0.6) is 0 Å². The van der Waals surface area contributed by atoms with Gasteiger partial charge in [-0.15, -0.1) is 0 Å². The topological polar surface area (TPSA) is 0 Å². The van der Waals surface area contributed by atoms with Crippen LogP contribution in [0.4, 0.5) is 0 Å². The van der Waals surface area contributed by atoms with Gasteiger partial charge in [0.25, 0.3) is 0 Å². The Balaban J connectivity index is 1.44. The van der Waals surface area contributed by atoms with Gasteiger partial charge in [-0.2, -0.15) is 0 Å². The molecule has 0 bridgehead atoms. The molecule has 3 fully saturated rings. The van der Waals surface area contributed by atoms with Crippen molar-refractivity contribution in [1.82, 2.24) is 0 Å². The zero-order valence-electron chi connectivity index (χ0n) is 8.87. The minimum atomic E-state index is -1.27. The fraction of sp³-hybridized carbons (Fsp3) is 1.00. The number of hydrogen-bond donors (Lipinski definition) is 0. The van der Waals surface area contributed by atoms with Crippen molar-refractivity contribution in [3.8, 4) is 0 Å². The summed E-state index contributed by atoms with van der Waals surface area (Å²) in [5.41, 5.74) is 0. The van der Waals surface area contributed by atoms with E-state index in [9.17, 15) is 0 Å². The first-order valence-corrected chi connectivity index (χ1v) is 24.2. The van der Waals surface area contributed by atoms with Crippen LogP contribution in [0.15, 0.2) is 0 Å². The second kappa shape index (κ2) is 7.12. The Morgan fingerprint density at radius 3 is 1.12 bits per heavy atom. The average Bonchev–Trinajstić information content (AvgIpc) is 2.08. The van der Waals surface area contributed by atoms with Gasteiger partial charge in [0.15, 0.2) is 0 Å². The van der Waals surface area contributed by atoms with Crippen molar-refractivity contribution < 1.29 is 0 Å². The van der Waals surface area contributed by atoms with Crippen molar-refractivity contribution in [2.75, 3.05) is 34.5 Å². The van der Waals surface area contributed by atoms with E-state index in [1.807, 2.05) is 0 Å². The summed E-state index contributed by atoms with van der Waals surface area (Å²) in [5, 5.41) is 3.18. The first-order valence-electron chi connectivity index (χ1n) is 5.44. The van der Waals surface area contributed by atoms with Crippen LogP contribution in [0.3, 0.4) is 0 Å². The third-order valence-corrected chi connectivity index (χ3v) is 40.1. The van der Waals surface area contributed by atoms with Crippen LogP contribution in [0.2, 0.25) is 0 Å². The molecule has 0 spiro atoms. The molecule has 0 aliphatic carbocycles. The molecule has 0 aromatic carbocycles. The Morgan fingerprint density at radius 1 is 0.625 bits per heavy atom. The molecule has 7 heteroatoms. The van der Waals surface area contributed by atoms with Crippen molar-refractivity contribution in [1.29, 1.82) is 0 Å². The van der Waals surface area contributed by atoms with Crippen LogP contribution in [0.1, 0.15) is 0 Å². The number of thioether (sulfide) groups is 3. The predicted octanol–water partition coefficient (Wildman–Crippen LogP) is 3.52. The van der Waals surface area contributed by atoms with Crippen LogP contribution in [0.25, 0.3) is 0 Å². The fourth-order valence-corrected chi connectivity index (χ4v) is 52.8. The number of hydrogen-bond acceptors (Lipinski definition) is 6. The predicted molar refractivity (Wildman–Crippen MR) is 91.9 cm³/mol. The molecule has 0 atom stereocenters. The zero-order chi connectivity index (χ0) is 10.8. The number of rotatable bonds is 6. The molecular formula is C9H15BiS6. The van der Waals surface area contributed by atoms with Gasteiger partial charge < -0.3 is 0 Å². The molecule has 3 aliphatic heterocycles. The van der Waals surface area contributed by atoms with Gasteiger partial charge in [0.1, 0.15) is 0 Å². The molecule has 3 rings (SSSR count). The van der Waals surface area contributed by atoms with Crippen LogP contribution < -0.4 is 0 Å². The molecule has 92 valence electrons. The molecule has 3 saturated heterocycles. The Kier molecular flexibility index (Phi) is 6.21. The van der Waals surface area contributed by atoms with Gasteiger partial charge in [-0.1, -0.05) is 0 Å². The van der Waals surface area contributed by atoms with E-state index >= 15 is 0 Å². The maximum atomic E-state index is 2.48. The second-order valence-corrected chi connectivity index (χ2v) is 34.7. The summed E-state index contributed by atoms with van der Waals surface area (Å²) in [6.07, 6.45) is 0. The van der Waals surface area contributed by atoms with Gasteiger partial charge in [-0.25, -0.2) is 0 Å². The first-order chi connectivity index (χ1) is 7.90. The molecule has 0 unspecified atom stereocenters. The molecule has 0 N–H and O–H groups in total. The Bertz CT molecular complexity index is 190. The summed E-state index contributed by atoms with van der Waals surface area (Å²) in [6, 6.07) is 0. The standard InChI is InChI=1S/3C3H6S2.Bi/c3*4-3-1-5-2-3;/h3*3-4H,1-2H2;/q;;;+3/p-3. The Morgan fingerprint density at radius 2 is 0.938 bits per heavy atom. The minimum absolute atomic E-state index is 1.06. The van der Waals surface area contributed by atoms with E-state index in [1.54, 1.807) is 0 Å². The molecule has 3 aliphatic rings. The molecule has 3 heterocycles. The average molecular weight is 525 g/mol. The van der Waals surface area contributed by atoms with Gasteiger partial charge in [0.05, 0.1) is 0 Å². The van der Waals surface area contributed by atoms with Crippen molar-refractivity contribution in [3.63, 3.8) is 0 Å². The molecule has 0 amide bonds. The van der Waals surface area contributed by atoms with Gasteiger partial charge in [-0.05, 0) is 0 Å². The summed E-state index contributed by atoms with van der Waals surface area (Å²) < 4.78 is 0. The Hall–Kier alpha value is 2.98. The Labute approximate surface area is 127 Å². The van der Waals surface area contributed by atoms with Gasteiger partial charge >= 0.3 is 128 Å². The second-order valence-electron chi connectivity index (χ2n) is 4.02. The van der Waals surface area contributed by atoms with Gasteiger partial charge in [0.2, 0.25) is 0 Å². The summed E-state index contributed by atoms with van der Waals surface area (Å²) in [6.45, 7) is 0. The van der Waals surface area contributed by atoms with E-state index in [1.165, 1.54) is 34.5 Å². The SMILES string of the molecule is C1SCC1[S][Bi]([S]C1CSC1)[S]C1CSC1. The molecule has 0 radical (unpaired) electrons. The van der Waals surface area contributed by atoms with E-state index in [0.29, 0.717) is 0 Å². The molecule has 0 nitrogen and oxygen atoms in total. The van der Waals surface area contributed by atoms with Crippen molar-refractivity contribution in [2.45, 2.75) is 15.7 Å². The molecule has 0 saturated carbocycles. The van der Waals surface area contributed by atoms with E-state index in [4.69, 9.17) is 0 Å². The van der Waals surface area contributed by atoms with Gasteiger partial charge in [0, 0.05) is 0 Å². The van der Waals surface area contributed by atoms with Gasteiger partial charge in [-0.3, -0.25) is 0 Å². The molecule has 0 aromatic rings. The van der Waals surface area contributed by atoms with Crippen molar-refractivity contribution in [3.05, 3.63) is 0 Å². The molecular weight excluding hydrogens is 509 g/mol. The summed E-state index contributed by atoms with van der Waals surface area (Å²) in [7, 11) is 7.43. The third kappa shape index (κ3) is 3.99.